The third-order valence-electron chi connectivity index (χ3n) is 3.57. The topological polar surface area (TPSA) is 63.1 Å². The molecule has 0 aliphatic heterocycles. The number of amides is 2. The zero-order valence-electron chi connectivity index (χ0n) is 13.5. The summed E-state index contributed by atoms with van der Waals surface area (Å²) in [5.74, 6) is -1.27. The van der Waals surface area contributed by atoms with Crippen LogP contribution in [0.5, 0.6) is 0 Å². The molecule has 126 valence electrons. The van der Waals surface area contributed by atoms with Crippen LogP contribution in [0.15, 0.2) is 67.0 Å². The van der Waals surface area contributed by atoms with E-state index in [1.807, 2.05) is 41.2 Å². The average molecular weight is 337 g/mol. The summed E-state index contributed by atoms with van der Waals surface area (Å²) in [6.07, 6.45) is 3.83. The third-order valence-corrected chi connectivity index (χ3v) is 3.57. The van der Waals surface area contributed by atoms with E-state index in [1.54, 1.807) is 12.1 Å². The Balaban J connectivity index is 1.75. The van der Waals surface area contributed by atoms with Crippen molar-refractivity contribution in [2.45, 2.75) is 6.92 Å². The lowest BCUT2D eigenvalue weighted by molar-refractivity contribution is -0.114. The Morgan fingerprint density at radius 2 is 1.64 bits per heavy atom. The molecule has 0 unspecified atom stereocenters. The van der Waals surface area contributed by atoms with Crippen LogP contribution in [-0.2, 0) is 4.79 Å². The van der Waals surface area contributed by atoms with Gasteiger partial charge >= 0.3 is 0 Å². The molecule has 2 N–H and O–H groups in total. The largest absolute Gasteiger partial charge is 0.324 e. The predicted molar refractivity (Wildman–Crippen MR) is 94.4 cm³/mol. The normalized spacial score (nSPS) is 10.3. The summed E-state index contributed by atoms with van der Waals surface area (Å²) in [7, 11) is 0. The minimum atomic E-state index is -0.565. The van der Waals surface area contributed by atoms with Crippen molar-refractivity contribution >= 4 is 23.2 Å². The molecule has 25 heavy (non-hydrogen) atoms. The van der Waals surface area contributed by atoms with Gasteiger partial charge in [0.25, 0.3) is 5.91 Å². The van der Waals surface area contributed by atoms with Gasteiger partial charge in [-0.1, -0.05) is 0 Å². The molecule has 0 aliphatic carbocycles. The summed E-state index contributed by atoms with van der Waals surface area (Å²) in [6, 6.07) is 14.9. The van der Waals surface area contributed by atoms with Crippen LogP contribution in [0.1, 0.15) is 17.3 Å². The Labute approximate surface area is 144 Å². The first-order valence-electron chi connectivity index (χ1n) is 7.65. The van der Waals surface area contributed by atoms with E-state index in [2.05, 4.69) is 10.6 Å². The molecule has 0 radical (unpaired) electrons. The summed E-state index contributed by atoms with van der Waals surface area (Å²) >= 11 is 0. The van der Waals surface area contributed by atoms with Crippen LogP contribution in [0.3, 0.4) is 0 Å². The molecule has 0 bridgehead atoms. The van der Waals surface area contributed by atoms with Gasteiger partial charge in [-0.15, -0.1) is 0 Å². The van der Waals surface area contributed by atoms with E-state index in [4.69, 9.17) is 0 Å². The maximum Gasteiger partial charge on any atom is 0.255 e. The second kappa shape index (κ2) is 7.00. The maximum absolute atomic E-state index is 13.6. The highest BCUT2D eigenvalue weighted by atomic mass is 19.1. The minimum Gasteiger partial charge on any atom is -0.324 e. The van der Waals surface area contributed by atoms with Crippen molar-refractivity contribution in [1.29, 1.82) is 0 Å². The molecule has 0 spiro atoms. The number of halogens is 1. The summed E-state index contributed by atoms with van der Waals surface area (Å²) in [6.45, 7) is 1.29. The molecule has 6 heteroatoms. The highest BCUT2D eigenvalue weighted by Crippen LogP contribution is 2.20. The average Bonchev–Trinajstić information content (AvgIpc) is 3.12. The van der Waals surface area contributed by atoms with E-state index in [1.165, 1.54) is 25.1 Å². The quantitative estimate of drug-likeness (QED) is 0.760. The lowest BCUT2D eigenvalue weighted by Crippen LogP contribution is -2.13. The van der Waals surface area contributed by atoms with Crippen LogP contribution in [0.25, 0.3) is 5.69 Å². The van der Waals surface area contributed by atoms with Gasteiger partial charge in [0, 0.05) is 36.3 Å². The second-order valence-corrected chi connectivity index (χ2v) is 5.47. The highest BCUT2D eigenvalue weighted by Gasteiger charge is 2.09. The van der Waals surface area contributed by atoms with Crippen LogP contribution in [0.4, 0.5) is 15.8 Å². The molecule has 2 amide bonds. The lowest BCUT2D eigenvalue weighted by atomic mass is 10.2. The number of hydrogen-bond acceptors (Lipinski definition) is 2. The fourth-order valence-electron chi connectivity index (χ4n) is 2.38. The molecular weight excluding hydrogens is 321 g/mol. The smallest absolute Gasteiger partial charge is 0.255 e. The predicted octanol–water partition coefficient (Wildman–Crippen LogP) is 3.83. The Hall–Kier alpha value is -3.41. The van der Waals surface area contributed by atoms with Crippen molar-refractivity contribution in [2.24, 2.45) is 0 Å². The van der Waals surface area contributed by atoms with Crippen molar-refractivity contribution in [3.05, 3.63) is 78.4 Å². The number of nitrogens with zero attached hydrogens (tertiary/aromatic N) is 1. The zero-order chi connectivity index (χ0) is 17.8. The highest BCUT2D eigenvalue weighted by molar-refractivity contribution is 6.04. The Morgan fingerprint density at radius 3 is 2.28 bits per heavy atom. The number of hydrogen-bond donors (Lipinski definition) is 2. The van der Waals surface area contributed by atoms with E-state index in [0.29, 0.717) is 11.3 Å². The SMILES string of the molecule is CC(=O)Nc1cc(NC(=O)c2ccc(-n3cccc3)cc2)ccc1F. The van der Waals surface area contributed by atoms with Gasteiger partial charge in [-0.3, -0.25) is 9.59 Å². The Bertz CT molecular complexity index is 903. The molecule has 0 atom stereocenters. The first kappa shape index (κ1) is 16.4. The fourth-order valence-corrected chi connectivity index (χ4v) is 2.38. The van der Waals surface area contributed by atoms with Gasteiger partial charge in [-0.25, -0.2) is 4.39 Å². The number of nitrogens with one attached hydrogen (secondary N) is 2. The third kappa shape index (κ3) is 3.92. The molecule has 0 aliphatic rings. The molecule has 3 aromatic rings. The first-order valence-corrected chi connectivity index (χ1v) is 7.65. The van der Waals surface area contributed by atoms with Gasteiger partial charge in [0.15, 0.2) is 0 Å². The van der Waals surface area contributed by atoms with E-state index >= 15 is 0 Å². The van der Waals surface area contributed by atoms with Crippen LogP contribution in [-0.4, -0.2) is 16.4 Å². The molecule has 2 aromatic carbocycles. The number of aromatic nitrogens is 1. The van der Waals surface area contributed by atoms with Crippen molar-refractivity contribution in [3.63, 3.8) is 0 Å². The summed E-state index contributed by atoms with van der Waals surface area (Å²) < 4.78 is 15.6. The number of anilines is 2. The van der Waals surface area contributed by atoms with E-state index in [9.17, 15) is 14.0 Å². The van der Waals surface area contributed by atoms with Crippen LogP contribution in [0, 0.1) is 5.82 Å². The number of benzene rings is 2. The van der Waals surface area contributed by atoms with Crippen LogP contribution in [0.2, 0.25) is 0 Å². The molecule has 1 aromatic heterocycles. The summed E-state index contributed by atoms with van der Waals surface area (Å²) in [5, 5.41) is 5.07. The summed E-state index contributed by atoms with van der Waals surface area (Å²) in [4.78, 5) is 23.4. The van der Waals surface area contributed by atoms with E-state index in [-0.39, 0.29) is 17.5 Å². The molecular formula is C19H16FN3O2. The number of carbonyl (C=O) groups excluding carboxylic acids is 2. The second-order valence-electron chi connectivity index (χ2n) is 5.47. The maximum atomic E-state index is 13.6. The lowest BCUT2D eigenvalue weighted by Gasteiger charge is -2.09. The monoisotopic (exact) mass is 337 g/mol. The van der Waals surface area contributed by atoms with Crippen molar-refractivity contribution in [3.8, 4) is 5.69 Å². The Kier molecular flexibility index (Phi) is 4.61. The minimum absolute atomic E-state index is 0.0215. The van der Waals surface area contributed by atoms with Crippen molar-refractivity contribution in [2.75, 3.05) is 10.6 Å². The van der Waals surface area contributed by atoms with E-state index < -0.39 is 5.82 Å². The molecule has 5 nitrogen and oxygen atoms in total. The molecule has 0 saturated carbocycles. The molecule has 1 heterocycles. The standard InChI is InChI=1S/C19H16FN3O2/c1-13(24)21-18-12-15(6-9-17(18)20)22-19(25)14-4-7-16(8-5-14)23-10-2-3-11-23/h2-12H,1H3,(H,21,24)(H,22,25). The van der Waals surface area contributed by atoms with Crippen LogP contribution >= 0.6 is 0 Å². The van der Waals surface area contributed by atoms with Gasteiger partial charge in [-0.2, -0.15) is 0 Å². The number of carbonyl (C=O) groups is 2. The van der Waals surface area contributed by atoms with Gasteiger partial charge in [-0.05, 0) is 54.6 Å². The fraction of sp³-hybridized carbons (Fsp3) is 0.0526. The van der Waals surface area contributed by atoms with Gasteiger partial charge < -0.3 is 15.2 Å². The van der Waals surface area contributed by atoms with Crippen molar-refractivity contribution < 1.29 is 14.0 Å². The summed E-state index contributed by atoms with van der Waals surface area (Å²) in [5.41, 5.74) is 1.83. The molecule has 3 rings (SSSR count). The number of rotatable bonds is 4. The van der Waals surface area contributed by atoms with Crippen molar-refractivity contribution in [1.82, 2.24) is 4.57 Å². The van der Waals surface area contributed by atoms with Gasteiger partial charge in [0.05, 0.1) is 5.69 Å². The van der Waals surface area contributed by atoms with Crippen LogP contribution < -0.4 is 10.6 Å². The zero-order valence-corrected chi connectivity index (χ0v) is 13.5. The molecule has 0 fully saturated rings. The first-order chi connectivity index (χ1) is 12.0. The van der Waals surface area contributed by atoms with Gasteiger partial charge in [0.1, 0.15) is 5.82 Å². The Morgan fingerprint density at radius 1 is 0.960 bits per heavy atom. The van der Waals surface area contributed by atoms with E-state index in [0.717, 1.165) is 5.69 Å². The van der Waals surface area contributed by atoms with Gasteiger partial charge in [0.2, 0.25) is 5.91 Å². The molecule has 0 saturated heterocycles.